The van der Waals surface area contributed by atoms with Gasteiger partial charge < -0.3 is 5.48 Å². The van der Waals surface area contributed by atoms with E-state index in [1.165, 1.54) is 5.56 Å². The van der Waals surface area contributed by atoms with Crippen molar-refractivity contribution in [1.82, 2.24) is 5.43 Å². The summed E-state index contributed by atoms with van der Waals surface area (Å²) in [5.41, 5.74) is 9.09. The topological polar surface area (TPSA) is 62.4 Å². The molecule has 4 rings (SSSR count). The lowest BCUT2D eigenvalue weighted by molar-refractivity contribution is 0.824. The molecular weight excluding hydrogens is 336 g/mol. The minimum absolute atomic E-state index is 0. The van der Waals surface area contributed by atoms with Gasteiger partial charge in [-0.05, 0) is 49.2 Å². The quantitative estimate of drug-likeness (QED) is 0.769. The van der Waals surface area contributed by atoms with Crippen molar-refractivity contribution in [3.05, 3.63) is 90.0 Å². The molecule has 0 amide bonds. The Morgan fingerprint density at radius 1 is 0.778 bits per heavy atom. The van der Waals surface area contributed by atoms with E-state index < -0.39 is 0 Å². The van der Waals surface area contributed by atoms with Crippen molar-refractivity contribution >= 4 is 23.0 Å². The van der Waals surface area contributed by atoms with E-state index in [0.29, 0.717) is 6.67 Å². The number of rotatable bonds is 3. The fourth-order valence-electron chi connectivity index (χ4n) is 3.12. The fraction of sp³-hybridized carbons (Fsp3) is 0.136. The Morgan fingerprint density at radius 3 is 2.11 bits per heavy atom. The average molecular weight is 360 g/mol. The van der Waals surface area contributed by atoms with Crippen LogP contribution in [0.2, 0.25) is 0 Å². The van der Waals surface area contributed by atoms with E-state index in [2.05, 4.69) is 71.6 Å². The summed E-state index contributed by atoms with van der Waals surface area (Å²) >= 11 is 0. The standard InChI is InChI=1S/C22H22N4.H2O/c1-17-10-6-8-14-20(17)23-22-24-26(19-12-4-3-5-13-19)16-25(22)21-15-9-7-11-18(21)2;/h3-15H,16H2,1-2H3,(H,23,24);1H2. The zero-order valence-electron chi connectivity index (χ0n) is 15.6. The first-order valence-electron chi connectivity index (χ1n) is 8.79. The largest absolute Gasteiger partial charge is 0.412 e. The highest BCUT2D eigenvalue weighted by Crippen LogP contribution is 2.27. The van der Waals surface area contributed by atoms with Crippen LogP contribution in [-0.2, 0) is 0 Å². The zero-order chi connectivity index (χ0) is 17.9. The lowest BCUT2D eigenvalue weighted by atomic mass is 10.2. The number of benzene rings is 3. The number of hydrazine groups is 1. The van der Waals surface area contributed by atoms with Gasteiger partial charge >= 0.3 is 0 Å². The van der Waals surface area contributed by atoms with E-state index in [4.69, 9.17) is 4.99 Å². The van der Waals surface area contributed by atoms with Gasteiger partial charge in [-0.15, -0.1) is 0 Å². The molecule has 0 aromatic heterocycles. The first-order valence-corrected chi connectivity index (χ1v) is 8.79. The number of aliphatic imine (C=N–C) groups is 1. The lowest BCUT2D eigenvalue weighted by Gasteiger charge is -2.20. The van der Waals surface area contributed by atoms with Crippen LogP contribution in [-0.4, -0.2) is 18.1 Å². The summed E-state index contributed by atoms with van der Waals surface area (Å²) in [5, 5.41) is 2.11. The van der Waals surface area contributed by atoms with Crippen molar-refractivity contribution < 1.29 is 5.48 Å². The molecule has 138 valence electrons. The van der Waals surface area contributed by atoms with Gasteiger partial charge in [0.05, 0.1) is 11.4 Å². The summed E-state index contributed by atoms with van der Waals surface area (Å²) in [6, 6.07) is 26.9. The summed E-state index contributed by atoms with van der Waals surface area (Å²) in [6.45, 7) is 4.91. The highest BCUT2D eigenvalue weighted by molar-refractivity contribution is 6.01. The van der Waals surface area contributed by atoms with Crippen LogP contribution in [0.25, 0.3) is 0 Å². The molecule has 3 aromatic carbocycles. The van der Waals surface area contributed by atoms with Crippen molar-refractivity contribution in [2.45, 2.75) is 13.8 Å². The Bertz CT molecular complexity index is 940. The Kier molecular flexibility index (Phi) is 5.43. The monoisotopic (exact) mass is 360 g/mol. The van der Waals surface area contributed by atoms with Gasteiger partial charge in [0.2, 0.25) is 5.96 Å². The minimum atomic E-state index is 0. The van der Waals surface area contributed by atoms with Gasteiger partial charge in [-0.25, -0.2) is 4.99 Å². The second kappa shape index (κ2) is 7.93. The molecule has 3 N–H and O–H groups in total. The molecule has 0 atom stereocenters. The van der Waals surface area contributed by atoms with Crippen LogP contribution in [0, 0.1) is 13.8 Å². The normalized spacial score (nSPS) is 14.8. The molecule has 0 radical (unpaired) electrons. The summed E-state index contributed by atoms with van der Waals surface area (Å²) < 4.78 is 0. The Balaban J connectivity index is 0.00000210. The molecule has 3 aromatic rings. The number of nitrogens with zero attached hydrogens (tertiary/aromatic N) is 3. The van der Waals surface area contributed by atoms with E-state index in [1.807, 2.05) is 36.4 Å². The number of para-hydroxylation sites is 3. The molecule has 5 heteroatoms. The number of hydrogen-bond donors (Lipinski definition) is 1. The smallest absolute Gasteiger partial charge is 0.224 e. The van der Waals surface area contributed by atoms with Crippen LogP contribution in [0.4, 0.5) is 17.1 Å². The van der Waals surface area contributed by atoms with E-state index in [9.17, 15) is 0 Å². The SMILES string of the molecule is Cc1ccccc1N=C1NN(c2ccccc2)CN1c1ccccc1C.O. The van der Waals surface area contributed by atoms with Crippen LogP contribution in [0.1, 0.15) is 11.1 Å². The molecule has 1 heterocycles. The molecule has 0 aliphatic carbocycles. The average Bonchev–Trinajstić information content (AvgIpc) is 3.08. The highest BCUT2D eigenvalue weighted by Gasteiger charge is 2.27. The number of hydrogen-bond acceptors (Lipinski definition) is 2. The number of aryl methyl sites for hydroxylation is 2. The summed E-state index contributed by atoms with van der Waals surface area (Å²) in [4.78, 5) is 7.14. The Hall–Kier alpha value is -3.31. The van der Waals surface area contributed by atoms with E-state index in [1.54, 1.807) is 0 Å². The second-order valence-electron chi connectivity index (χ2n) is 6.45. The van der Waals surface area contributed by atoms with E-state index >= 15 is 0 Å². The molecular formula is C22H24N4O. The predicted octanol–water partition coefficient (Wildman–Crippen LogP) is 3.96. The molecule has 0 saturated carbocycles. The van der Waals surface area contributed by atoms with Gasteiger partial charge in [0.15, 0.2) is 0 Å². The van der Waals surface area contributed by atoms with Crippen molar-refractivity contribution in [3.8, 4) is 0 Å². The van der Waals surface area contributed by atoms with Gasteiger partial charge in [0.25, 0.3) is 0 Å². The van der Waals surface area contributed by atoms with Crippen LogP contribution >= 0.6 is 0 Å². The Morgan fingerprint density at radius 2 is 1.41 bits per heavy atom. The van der Waals surface area contributed by atoms with Gasteiger partial charge in [0.1, 0.15) is 6.67 Å². The van der Waals surface area contributed by atoms with Crippen molar-refractivity contribution in [2.24, 2.45) is 4.99 Å². The molecule has 1 fully saturated rings. The third-order valence-corrected chi connectivity index (χ3v) is 4.59. The third kappa shape index (κ3) is 3.78. The van der Waals surface area contributed by atoms with E-state index in [0.717, 1.165) is 28.6 Å². The van der Waals surface area contributed by atoms with Crippen LogP contribution in [0.5, 0.6) is 0 Å². The molecule has 27 heavy (non-hydrogen) atoms. The van der Waals surface area contributed by atoms with Gasteiger partial charge in [-0.1, -0.05) is 54.6 Å². The zero-order valence-corrected chi connectivity index (χ0v) is 15.6. The van der Waals surface area contributed by atoms with Crippen molar-refractivity contribution in [3.63, 3.8) is 0 Å². The molecule has 1 aliphatic rings. The fourth-order valence-corrected chi connectivity index (χ4v) is 3.12. The summed E-state index contributed by atoms with van der Waals surface area (Å²) in [7, 11) is 0. The first kappa shape index (κ1) is 18.5. The van der Waals surface area contributed by atoms with Crippen LogP contribution < -0.4 is 15.3 Å². The van der Waals surface area contributed by atoms with Gasteiger partial charge in [-0.2, -0.15) is 0 Å². The third-order valence-electron chi connectivity index (χ3n) is 4.59. The van der Waals surface area contributed by atoms with Crippen LogP contribution in [0.15, 0.2) is 83.9 Å². The van der Waals surface area contributed by atoms with Crippen LogP contribution in [0.3, 0.4) is 0 Å². The first-order chi connectivity index (χ1) is 12.7. The molecule has 1 aliphatic heterocycles. The van der Waals surface area contributed by atoms with Gasteiger partial charge in [-0.3, -0.25) is 15.3 Å². The maximum Gasteiger partial charge on any atom is 0.224 e. The number of anilines is 2. The maximum absolute atomic E-state index is 4.92. The lowest BCUT2D eigenvalue weighted by Crippen LogP contribution is -2.33. The Labute approximate surface area is 159 Å². The number of guanidine groups is 1. The van der Waals surface area contributed by atoms with Crippen molar-refractivity contribution in [2.75, 3.05) is 16.6 Å². The second-order valence-corrected chi connectivity index (χ2v) is 6.45. The molecule has 1 saturated heterocycles. The summed E-state index contributed by atoms with van der Waals surface area (Å²) in [6.07, 6.45) is 0. The van der Waals surface area contributed by atoms with Crippen molar-refractivity contribution in [1.29, 1.82) is 0 Å². The molecule has 0 bridgehead atoms. The minimum Gasteiger partial charge on any atom is -0.412 e. The summed E-state index contributed by atoms with van der Waals surface area (Å²) in [5.74, 6) is 0.831. The maximum atomic E-state index is 4.92. The molecule has 5 nitrogen and oxygen atoms in total. The number of nitrogens with one attached hydrogen (secondary N) is 1. The highest BCUT2D eigenvalue weighted by atomic mass is 16.0. The van der Waals surface area contributed by atoms with E-state index in [-0.39, 0.29) is 5.48 Å². The molecule has 0 spiro atoms. The van der Waals surface area contributed by atoms with Gasteiger partial charge in [0, 0.05) is 5.69 Å². The molecule has 0 unspecified atom stereocenters. The predicted molar refractivity (Wildman–Crippen MR) is 112 cm³/mol.